The molecule has 0 atom stereocenters. The second-order valence-corrected chi connectivity index (χ2v) is 7.01. The van der Waals surface area contributed by atoms with Crippen molar-refractivity contribution in [2.24, 2.45) is 0 Å². The van der Waals surface area contributed by atoms with E-state index in [1.54, 1.807) is 0 Å². The van der Waals surface area contributed by atoms with Gasteiger partial charge in [0.1, 0.15) is 0 Å². The molecule has 0 amide bonds. The summed E-state index contributed by atoms with van der Waals surface area (Å²) in [6.45, 7) is 14.5. The molecule has 1 aromatic heterocycles. The van der Waals surface area contributed by atoms with Gasteiger partial charge in [-0.05, 0) is 13.1 Å². The first-order chi connectivity index (χ1) is 7.70. The van der Waals surface area contributed by atoms with Gasteiger partial charge >= 0.3 is 0 Å². The molecule has 2 heterocycles. The molecule has 3 nitrogen and oxygen atoms in total. The SMILES string of the molecule is CN1CCn2nc(C(C)(C)C)cc2C(C)(C)C1. The van der Waals surface area contributed by atoms with Crippen LogP contribution in [-0.2, 0) is 17.4 Å². The molecule has 1 aliphatic rings. The molecule has 0 saturated heterocycles. The van der Waals surface area contributed by atoms with E-state index in [1.165, 1.54) is 11.4 Å². The van der Waals surface area contributed by atoms with Gasteiger partial charge in [0.15, 0.2) is 0 Å². The average Bonchev–Trinajstić information content (AvgIpc) is 2.53. The molecular weight excluding hydrogens is 210 g/mol. The number of fused-ring (bicyclic) bond motifs is 1. The maximum absolute atomic E-state index is 4.80. The van der Waals surface area contributed by atoms with Gasteiger partial charge in [0.25, 0.3) is 0 Å². The van der Waals surface area contributed by atoms with Gasteiger partial charge in [0, 0.05) is 29.6 Å². The molecule has 0 aromatic carbocycles. The van der Waals surface area contributed by atoms with Gasteiger partial charge in [-0.1, -0.05) is 34.6 Å². The van der Waals surface area contributed by atoms with E-state index >= 15 is 0 Å². The third-order valence-electron chi connectivity index (χ3n) is 3.60. The Labute approximate surface area is 105 Å². The van der Waals surface area contributed by atoms with E-state index in [0.29, 0.717) is 0 Å². The monoisotopic (exact) mass is 235 g/mol. The average molecular weight is 235 g/mol. The Hall–Kier alpha value is -0.830. The second-order valence-electron chi connectivity index (χ2n) is 7.01. The summed E-state index contributed by atoms with van der Waals surface area (Å²) in [5.74, 6) is 0. The van der Waals surface area contributed by atoms with Crippen molar-refractivity contribution in [2.45, 2.75) is 52.0 Å². The normalized spacial score (nSPS) is 21.1. The predicted octanol–water partition coefficient (Wildman–Crippen LogP) is 2.40. The van der Waals surface area contributed by atoms with Gasteiger partial charge in [0.2, 0.25) is 0 Å². The number of hydrogen-bond donors (Lipinski definition) is 0. The van der Waals surface area contributed by atoms with E-state index in [9.17, 15) is 0 Å². The maximum Gasteiger partial charge on any atom is 0.0681 e. The summed E-state index contributed by atoms with van der Waals surface area (Å²) < 4.78 is 2.21. The Kier molecular flexibility index (Phi) is 2.85. The van der Waals surface area contributed by atoms with Crippen LogP contribution in [-0.4, -0.2) is 34.8 Å². The number of aromatic nitrogens is 2. The summed E-state index contributed by atoms with van der Waals surface area (Å²) >= 11 is 0. The van der Waals surface area contributed by atoms with Gasteiger partial charge in [-0.15, -0.1) is 0 Å². The molecule has 0 radical (unpaired) electrons. The van der Waals surface area contributed by atoms with E-state index in [1.807, 2.05) is 0 Å². The van der Waals surface area contributed by atoms with E-state index in [0.717, 1.165) is 19.6 Å². The molecule has 2 rings (SSSR count). The summed E-state index contributed by atoms with van der Waals surface area (Å²) in [4.78, 5) is 2.39. The highest BCUT2D eigenvalue weighted by Gasteiger charge is 2.31. The first kappa shape index (κ1) is 12.6. The molecule has 1 aliphatic heterocycles. The molecular formula is C14H25N3. The fourth-order valence-electron chi connectivity index (χ4n) is 2.60. The van der Waals surface area contributed by atoms with Gasteiger partial charge in [0.05, 0.1) is 12.2 Å². The lowest BCUT2D eigenvalue weighted by atomic mass is 9.86. The third-order valence-corrected chi connectivity index (χ3v) is 3.60. The molecule has 96 valence electrons. The lowest BCUT2D eigenvalue weighted by Crippen LogP contribution is -2.33. The highest BCUT2D eigenvalue weighted by molar-refractivity contribution is 5.24. The fourth-order valence-corrected chi connectivity index (χ4v) is 2.60. The van der Waals surface area contributed by atoms with Crippen LogP contribution in [0.25, 0.3) is 0 Å². The molecule has 0 N–H and O–H groups in total. The number of hydrogen-bond acceptors (Lipinski definition) is 2. The Morgan fingerprint density at radius 2 is 1.88 bits per heavy atom. The first-order valence-corrected chi connectivity index (χ1v) is 6.47. The third kappa shape index (κ3) is 2.39. The van der Waals surface area contributed by atoms with Crippen LogP contribution >= 0.6 is 0 Å². The van der Waals surface area contributed by atoms with Crippen LogP contribution in [0.3, 0.4) is 0 Å². The molecule has 0 bridgehead atoms. The van der Waals surface area contributed by atoms with Crippen molar-refractivity contribution in [3.8, 4) is 0 Å². The zero-order valence-electron chi connectivity index (χ0n) is 12.0. The molecule has 3 heteroatoms. The fraction of sp³-hybridized carbons (Fsp3) is 0.786. The van der Waals surface area contributed by atoms with E-state index in [4.69, 9.17) is 5.10 Å². The number of likely N-dealkylation sites (N-methyl/N-ethyl adjacent to an activating group) is 1. The maximum atomic E-state index is 4.80. The zero-order valence-corrected chi connectivity index (χ0v) is 12.0. The van der Waals surface area contributed by atoms with E-state index < -0.39 is 0 Å². The van der Waals surface area contributed by atoms with Crippen LogP contribution < -0.4 is 0 Å². The summed E-state index contributed by atoms with van der Waals surface area (Å²) in [7, 11) is 2.19. The van der Waals surface area contributed by atoms with Crippen LogP contribution in [0.5, 0.6) is 0 Å². The molecule has 0 unspecified atom stereocenters. The summed E-state index contributed by atoms with van der Waals surface area (Å²) in [5.41, 5.74) is 2.92. The molecule has 1 aromatic rings. The van der Waals surface area contributed by atoms with Crippen LogP contribution in [0, 0.1) is 0 Å². The van der Waals surface area contributed by atoms with Crippen LogP contribution in [0.4, 0.5) is 0 Å². The second kappa shape index (κ2) is 3.84. The number of nitrogens with zero attached hydrogens (tertiary/aromatic N) is 3. The Balaban J connectivity index is 2.45. The molecule has 17 heavy (non-hydrogen) atoms. The van der Waals surface area contributed by atoms with Gasteiger partial charge in [-0.25, -0.2) is 0 Å². The van der Waals surface area contributed by atoms with Gasteiger partial charge in [-0.2, -0.15) is 5.10 Å². The topological polar surface area (TPSA) is 21.1 Å². The van der Waals surface area contributed by atoms with E-state index in [-0.39, 0.29) is 10.8 Å². The predicted molar refractivity (Wildman–Crippen MR) is 71.5 cm³/mol. The zero-order chi connectivity index (χ0) is 12.8. The largest absolute Gasteiger partial charge is 0.304 e. The summed E-state index contributed by atoms with van der Waals surface area (Å²) in [5, 5.41) is 4.80. The smallest absolute Gasteiger partial charge is 0.0681 e. The standard InChI is InChI=1S/C14H25N3/c1-13(2,3)11-9-12-14(4,5)10-16(6)7-8-17(12)15-11/h9H,7-8,10H2,1-6H3. The minimum atomic E-state index is 0.140. The minimum Gasteiger partial charge on any atom is -0.304 e. The van der Waals surface area contributed by atoms with Crippen LogP contribution in [0.15, 0.2) is 6.07 Å². The van der Waals surface area contributed by atoms with Gasteiger partial charge in [-0.3, -0.25) is 4.68 Å². The van der Waals surface area contributed by atoms with Crippen molar-refractivity contribution >= 4 is 0 Å². The van der Waals surface area contributed by atoms with Crippen molar-refractivity contribution in [2.75, 3.05) is 20.1 Å². The van der Waals surface area contributed by atoms with Gasteiger partial charge < -0.3 is 4.90 Å². The molecule has 0 aliphatic carbocycles. The van der Waals surface area contributed by atoms with Crippen molar-refractivity contribution in [3.05, 3.63) is 17.5 Å². The Bertz CT molecular complexity index is 410. The Morgan fingerprint density at radius 3 is 2.47 bits per heavy atom. The summed E-state index contributed by atoms with van der Waals surface area (Å²) in [6, 6.07) is 2.30. The number of rotatable bonds is 0. The minimum absolute atomic E-state index is 0.140. The lowest BCUT2D eigenvalue weighted by Gasteiger charge is -2.26. The van der Waals surface area contributed by atoms with Crippen molar-refractivity contribution < 1.29 is 0 Å². The quantitative estimate of drug-likeness (QED) is 0.688. The molecule has 0 spiro atoms. The van der Waals surface area contributed by atoms with E-state index in [2.05, 4.69) is 57.3 Å². The van der Waals surface area contributed by atoms with Crippen LogP contribution in [0.2, 0.25) is 0 Å². The van der Waals surface area contributed by atoms with Crippen molar-refractivity contribution in [3.63, 3.8) is 0 Å². The lowest BCUT2D eigenvalue weighted by molar-refractivity contribution is 0.281. The summed E-state index contributed by atoms with van der Waals surface area (Å²) in [6.07, 6.45) is 0. The van der Waals surface area contributed by atoms with Crippen LogP contribution in [0.1, 0.15) is 46.0 Å². The highest BCUT2D eigenvalue weighted by atomic mass is 15.3. The Morgan fingerprint density at radius 1 is 1.24 bits per heavy atom. The van der Waals surface area contributed by atoms with Crippen molar-refractivity contribution in [1.82, 2.24) is 14.7 Å². The highest BCUT2D eigenvalue weighted by Crippen LogP contribution is 2.30. The molecule has 0 saturated carbocycles. The first-order valence-electron chi connectivity index (χ1n) is 6.47. The van der Waals surface area contributed by atoms with Crippen molar-refractivity contribution in [1.29, 1.82) is 0 Å². The molecule has 0 fully saturated rings.